The first-order valence-electron chi connectivity index (χ1n) is 9.01. The van der Waals surface area contributed by atoms with E-state index in [0.29, 0.717) is 0 Å². The van der Waals surface area contributed by atoms with Crippen molar-refractivity contribution in [1.29, 1.82) is 0 Å². The lowest BCUT2D eigenvalue weighted by atomic mass is 9.95. The molecule has 0 N–H and O–H groups in total. The van der Waals surface area contributed by atoms with Gasteiger partial charge in [-0.25, -0.2) is 0 Å². The van der Waals surface area contributed by atoms with Crippen LogP contribution in [-0.4, -0.2) is 37.7 Å². The number of fused-ring (bicyclic) bond motifs is 1. The standard InChI is InChI=1S/C21H26N2O/c1-17-3-2-4-19-16-22(10-9-21(17)19)15-18-5-7-20(8-6-18)23-11-13-24-14-12-23/h2-8H,9-16H2,1H3. The predicted octanol–water partition coefficient (Wildman–Crippen LogP) is 3.39. The quantitative estimate of drug-likeness (QED) is 0.861. The van der Waals surface area contributed by atoms with Crippen LogP contribution in [0, 0.1) is 6.92 Å². The zero-order valence-corrected chi connectivity index (χ0v) is 14.5. The molecule has 2 aliphatic rings. The Kier molecular flexibility index (Phi) is 4.54. The van der Waals surface area contributed by atoms with Crippen LogP contribution >= 0.6 is 0 Å². The van der Waals surface area contributed by atoms with Gasteiger partial charge in [-0.3, -0.25) is 4.90 Å². The van der Waals surface area contributed by atoms with E-state index in [1.54, 1.807) is 5.56 Å². The number of ether oxygens (including phenoxy) is 1. The zero-order chi connectivity index (χ0) is 16.4. The zero-order valence-electron chi connectivity index (χ0n) is 14.5. The topological polar surface area (TPSA) is 15.7 Å². The summed E-state index contributed by atoms with van der Waals surface area (Å²) in [5.41, 5.74) is 7.24. The highest BCUT2D eigenvalue weighted by atomic mass is 16.5. The highest BCUT2D eigenvalue weighted by molar-refractivity contribution is 5.48. The van der Waals surface area contributed by atoms with Crippen LogP contribution < -0.4 is 4.90 Å². The number of benzene rings is 2. The monoisotopic (exact) mass is 322 g/mol. The number of nitrogens with zero attached hydrogens (tertiary/aromatic N) is 2. The van der Waals surface area contributed by atoms with Crippen LogP contribution in [0.1, 0.15) is 22.3 Å². The number of anilines is 1. The summed E-state index contributed by atoms with van der Waals surface area (Å²) >= 11 is 0. The number of morpholine rings is 1. The summed E-state index contributed by atoms with van der Waals surface area (Å²) in [7, 11) is 0. The molecule has 2 aliphatic heterocycles. The molecule has 0 spiro atoms. The number of hydrogen-bond donors (Lipinski definition) is 0. The van der Waals surface area contributed by atoms with Crippen molar-refractivity contribution in [2.45, 2.75) is 26.4 Å². The fourth-order valence-electron chi connectivity index (χ4n) is 3.89. The van der Waals surface area contributed by atoms with Gasteiger partial charge in [0.05, 0.1) is 13.2 Å². The summed E-state index contributed by atoms with van der Waals surface area (Å²) in [5.74, 6) is 0. The van der Waals surface area contributed by atoms with Gasteiger partial charge in [-0.15, -0.1) is 0 Å². The van der Waals surface area contributed by atoms with Crippen LogP contribution in [0.3, 0.4) is 0 Å². The van der Waals surface area contributed by atoms with Crippen LogP contribution in [0.5, 0.6) is 0 Å². The van der Waals surface area contributed by atoms with E-state index in [1.165, 1.54) is 28.8 Å². The third kappa shape index (κ3) is 3.33. The smallest absolute Gasteiger partial charge is 0.0642 e. The van der Waals surface area contributed by atoms with Crippen molar-refractivity contribution >= 4 is 5.69 Å². The summed E-state index contributed by atoms with van der Waals surface area (Å²) in [4.78, 5) is 4.97. The maximum atomic E-state index is 5.43. The summed E-state index contributed by atoms with van der Waals surface area (Å²) in [6, 6.07) is 15.8. The molecule has 24 heavy (non-hydrogen) atoms. The normalized spacial score (nSPS) is 18.5. The minimum absolute atomic E-state index is 0.842. The largest absolute Gasteiger partial charge is 0.378 e. The van der Waals surface area contributed by atoms with Gasteiger partial charge in [-0.05, 0) is 47.7 Å². The van der Waals surface area contributed by atoms with Crippen LogP contribution in [0.15, 0.2) is 42.5 Å². The molecule has 0 radical (unpaired) electrons. The van der Waals surface area contributed by atoms with Crippen LogP contribution in [-0.2, 0) is 24.2 Å². The Morgan fingerprint density at radius 3 is 2.54 bits per heavy atom. The molecule has 3 heteroatoms. The van der Waals surface area contributed by atoms with Gasteiger partial charge < -0.3 is 9.64 Å². The van der Waals surface area contributed by atoms with Crippen LogP contribution in [0.4, 0.5) is 5.69 Å². The third-order valence-corrected chi connectivity index (χ3v) is 5.30. The van der Waals surface area contributed by atoms with Crippen LogP contribution in [0.25, 0.3) is 0 Å². The number of hydrogen-bond acceptors (Lipinski definition) is 3. The molecular weight excluding hydrogens is 296 g/mol. The highest BCUT2D eigenvalue weighted by Crippen LogP contribution is 2.24. The summed E-state index contributed by atoms with van der Waals surface area (Å²) in [6.07, 6.45) is 1.17. The molecule has 2 aromatic rings. The molecule has 1 fully saturated rings. The van der Waals surface area contributed by atoms with E-state index < -0.39 is 0 Å². The molecule has 3 nitrogen and oxygen atoms in total. The molecule has 0 aromatic heterocycles. The molecule has 1 saturated heterocycles. The van der Waals surface area contributed by atoms with Crippen LogP contribution in [0.2, 0.25) is 0 Å². The second-order valence-corrected chi connectivity index (χ2v) is 6.94. The van der Waals surface area contributed by atoms with Gasteiger partial charge in [-0.1, -0.05) is 30.3 Å². The van der Waals surface area contributed by atoms with Crippen molar-refractivity contribution in [2.24, 2.45) is 0 Å². The molecule has 0 bridgehead atoms. The SMILES string of the molecule is Cc1cccc2c1CCN(Cc1ccc(N3CCOCC3)cc1)C2. The first kappa shape index (κ1) is 15.7. The van der Waals surface area contributed by atoms with Crippen molar-refractivity contribution in [2.75, 3.05) is 37.7 Å². The maximum absolute atomic E-state index is 5.43. The Hall–Kier alpha value is -1.84. The number of rotatable bonds is 3. The fourth-order valence-corrected chi connectivity index (χ4v) is 3.89. The van der Waals surface area contributed by atoms with Crippen molar-refractivity contribution in [1.82, 2.24) is 4.90 Å². The van der Waals surface area contributed by atoms with Gasteiger partial charge in [0.25, 0.3) is 0 Å². The van der Waals surface area contributed by atoms with Crippen molar-refractivity contribution in [3.8, 4) is 0 Å². The predicted molar refractivity (Wildman–Crippen MR) is 98.5 cm³/mol. The Morgan fingerprint density at radius 2 is 1.75 bits per heavy atom. The molecule has 0 saturated carbocycles. The van der Waals surface area contributed by atoms with E-state index in [0.717, 1.165) is 45.9 Å². The number of aryl methyl sites for hydroxylation is 1. The molecule has 126 valence electrons. The molecule has 0 unspecified atom stereocenters. The molecule has 2 heterocycles. The van der Waals surface area contributed by atoms with Crippen molar-refractivity contribution in [3.63, 3.8) is 0 Å². The lowest BCUT2D eigenvalue weighted by Crippen LogP contribution is -2.36. The Bertz CT molecular complexity index is 689. The van der Waals surface area contributed by atoms with Gasteiger partial charge in [0, 0.05) is 38.4 Å². The Balaban J connectivity index is 1.41. The lowest BCUT2D eigenvalue weighted by molar-refractivity contribution is 0.122. The molecule has 2 aromatic carbocycles. The van der Waals surface area contributed by atoms with Crippen molar-refractivity contribution in [3.05, 3.63) is 64.7 Å². The van der Waals surface area contributed by atoms with Crippen molar-refractivity contribution < 1.29 is 4.74 Å². The van der Waals surface area contributed by atoms with Gasteiger partial charge >= 0.3 is 0 Å². The fraction of sp³-hybridized carbons (Fsp3) is 0.429. The third-order valence-electron chi connectivity index (χ3n) is 5.30. The van der Waals surface area contributed by atoms with Gasteiger partial charge in [-0.2, -0.15) is 0 Å². The summed E-state index contributed by atoms with van der Waals surface area (Å²) < 4.78 is 5.43. The van der Waals surface area contributed by atoms with E-state index >= 15 is 0 Å². The van der Waals surface area contributed by atoms with Gasteiger partial charge in [0.2, 0.25) is 0 Å². The summed E-state index contributed by atoms with van der Waals surface area (Å²) in [6.45, 7) is 9.19. The minimum atomic E-state index is 0.842. The summed E-state index contributed by atoms with van der Waals surface area (Å²) in [5, 5.41) is 0. The molecule has 0 amide bonds. The first-order chi connectivity index (χ1) is 11.8. The maximum Gasteiger partial charge on any atom is 0.0642 e. The van der Waals surface area contributed by atoms with Gasteiger partial charge in [0.1, 0.15) is 0 Å². The minimum Gasteiger partial charge on any atom is -0.378 e. The average molecular weight is 322 g/mol. The van der Waals surface area contributed by atoms with Gasteiger partial charge in [0.15, 0.2) is 0 Å². The highest BCUT2D eigenvalue weighted by Gasteiger charge is 2.17. The Morgan fingerprint density at radius 1 is 0.958 bits per heavy atom. The molecule has 0 atom stereocenters. The van der Waals surface area contributed by atoms with E-state index in [2.05, 4.69) is 59.2 Å². The molecule has 0 aliphatic carbocycles. The Labute approximate surface area is 144 Å². The van der Waals surface area contributed by atoms with E-state index in [1.807, 2.05) is 0 Å². The second-order valence-electron chi connectivity index (χ2n) is 6.94. The van der Waals surface area contributed by atoms with E-state index in [-0.39, 0.29) is 0 Å². The lowest BCUT2D eigenvalue weighted by Gasteiger charge is -2.30. The molecular formula is C21H26N2O. The van der Waals surface area contributed by atoms with E-state index in [4.69, 9.17) is 4.74 Å². The second kappa shape index (κ2) is 6.96. The molecule has 4 rings (SSSR count). The average Bonchev–Trinajstić information content (AvgIpc) is 2.63. The first-order valence-corrected chi connectivity index (χ1v) is 9.01. The van der Waals surface area contributed by atoms with E-state index in [9.17, 15) is 0 Å².